The number of hydrogen-bond acceptors (Lipinski definition) is 5. The van der Waals surface area contributed by atoms with Crippen LogP contribution in [0.3, 0.4) is 0 Å². The van der Waals surface area contributed by atoms with E-state index in [2.05, 4.69) is 9.97 Å². The summed E-state index contributed by atoms with van der Waals surface area (Å²) in [5, 5.41) is 17.8. The van der Waals surface area contributed by atoms with Crippen molar-refractivity contribution in [1.82, 2.24) is 19.3 Å². The number of aliphatic hydroxyl groups excluding tert-OH is 2. The van der Waals surface area contributed by atoms with Crippen molar-refractivity contribution < 1.29 is 10.2 Å². The van der Waals surface area contributed by atoms with Crippen molar-refractivity contribution in [1.29, 1.82) is 0 Å². The van der Waals surface area contributed by atoms with E-state index in [1.807, 2.05) is 27.8 Å². The molecule has 0 spiro atoms. The van der Waals surface area contributed by atoms with Crippen LogP contribution < -0.4 is 0 Å². The Morgan fingerprint density at radius 3 is 2.65 bits per heavy atom. The zero-order chi connectivity index (χ0) is 12.1. The maximum atomic E-state index is 8.92. The van der Waals surface area contributed by atoms with Gasteiger partial charge in [-0.05, 0) is 6.07 Å². The van der Waals surface area contributed by atoms with Gasteiger partial charge in [0.05, 0.1) is 18.9 Å². The van der Waals surface area contributed by atoms with Crippen molar-refractivity contribution in [2.24, 2.45) is 0 Å². The third-order valence-electron chi connectivity index (χ3n) is 2.50. The molecule has 0 saturated heterocycles. The van der Waals surface area contributed by atoms with Gasteiger partial charge in [0.1, 0.15) is 0 Å². The first-order chi connectivity index (χ1) is 8.33. The van der Waals surface area contributed by atoms with Crippen molar-refractivity contribution in [3.05, 3.63) is 30.4 Å². The Labute approximate surface area is 99.2 Å². The number of aliphatic hydroxyl groups is 2. The molecule has 0 aromatic carbocycles. The number of rotatable bonds is 6. The Bertz CT molecular complexity index is 432. The molecule has 6 nitrogen and oxygen atoms in total. The maximum absolute atomic E-state index is 8.92. The van der Waals surface area contributed by atoms with E-state index in [0.717, 1.165) is 5.69 Å². The van der Waals surface area contributed by atoms with Crippen LogP contribution in [0, 0.1) is 0 Å². The fraction of sp³-hybridized carbons (Fsp3) is 0.455. The van der Waals surface area contributed by atoms with Gasteiger partial charge < -0.3 is 10.2 Å². The standard InChI is InChI=1S/C11H16N4O2/c16-6-4-14(5-7-17)8-10-9-15-3-1-2-12-11(15)13-10/h1-3,9,16-17H,4-8H2. The summed E-state index contributed by atoms with van der Waals surface area (Å²) in [7, 11) is 0. The lowest BCUT2D eigenvalue weighted by Gasteiger charge is -2.18. The van der Waals surface area contributed by atoms with E-state index in [9.17, 15) is 0 Å². The molecule has 0 aliphatic rings. The average Bonchev–Trinajstić information content (AvgIpc) is 2.71. The molecular formula is C11H16N4O2. The van der Waals surface area contributed by atoms with Crippen LogP contribution in [0.5, 0.6) is 0 Å². The SMILES string of the molecule is OCCN(CCO)Cc1cn2cccnc2n1. The first kappa shape index (κ1) is 12.0. The lowest BCUT2D eigenvalue weighted by atomic mass is 10.4. The topological polar surface area (TPSA) is 73.9 Å². The average molecular weight is 236 g/mol. The van der Waals surface area contributed by atoms with Gasteiger partial charge in [-0.25, -0.2) is 9.97 Å². The molecule has 17 heavy (non-hydrogen) atoms. The van der Waals surface area contributed by atoms with E-state index in [0.29, 0.717) is 25.4 Å². The lowest BCUT2D eigenvalue weighted by Crippen LogP contribution is -2.29. The first-order valence-electron chi connectivity index (χ1n) is 5.56. The summed E-state index contributed by atoms with van der Waals surface area (Å²) in [6.45, 7) is 1.81. The molecular weight excluding hydrogens is 220 g/mol. The van der Waals surface area contributed by atoms with Crippen LogP contribution >= 0.6 is 0 Å². The number of imidazole rings is 1. The molecule has 0 radical (unpaired) electrons. The van der Waals surface area contributed by atoms with E-state index in [1.54, 1.807) is 6.20 Å². The number of fused-ring (bicyclic) bond motifs is 1. The van der Waals surface area contributed by atoms with Crippen molar-refractivity contribution in [3.63, 3.8) is 0 Å². The third kappa shape index (κ3) is 3.00. The fourth-order valence-corrected chi connectivity index (χ4v) is 1.74. The second kappa shape index (κ2) is 5.72. The minimum Gasteiger partial charge on any atom is -0.395 e. The van der Waals surface area contributed by atoms with E-state index < -0.39 is 0 Å². The summed E-state index contributed by atoms with van der Waals surface area (Å²) < 4.78 is 1.85. The van der Waals surface area contributed by atoms with Crippen molar-refractivity contribution >= 4 is 5.78 Å². The minimum absolute atomic E-state index is 0.0750. The normalized spacial score (nSPS) is 11.5. The monoisotopic (exact) mass is 236 g/mol. The van der Waals surface area contributed by atoms with Crippen molar-refractivity contribution in [2.75, 3.05) is 26.3 Å². The molecule has 2 N–H and O–H groups in total. The zero-order valence-electron chi connectivity index (χ0n) is 9.53. The molecule has 2 aromatic rings. The maximum Gasteiger partial charge on any atom is 0.233 e. The van der Waals surface area contributed by atoms with Gasteiger partial charge in [0.25, 0.3) is 0 Å². The van der Waals surface area contributed by atoms with Crippen LogP contribution in [-0.2, 0) is 6.54 Å². The van der Waals surface area contributed by atoms with Gasteiger partial charge in [-0.3, -0.25) is 9.30 Å². The van der Waals surface area contributed by atoms with Gasteiger partial charge in [0.15, 0.2) is 0 Å². The Kier molecular flexibility index (Phi) is 4.03. The molecule has 0 fully saturated rings. The van der Waals surface area contributed by atoms with Gasteiger partial charge in [-0.1, -0.05) is 0 Å². The molecule has 0 amide bonds. The molecule has 6 heteroatoms. The number of aromatic nitrogens is 3. The fourth-order valence-electron chi connectivity index (χ4n) is 1.74. The Hall–Kier alpha value is -1.50. The van der Waals surface area contributed by atoms with Crippen molar-refractivity contribution in [2.45, 2.75) is 6.54 Å². The Morgan fingerprint density at radius 1 is 1.24 bits per heavy atom. The summed E-state index contributed by atoms with van der Waals surface area (Å²) in [6, 6.07) is 1.84. The molecule has 2 heterocycles. The molecule has 2 aromatic heterocycles. The Balaban J connectivity index is 2.10. The second-order valence-corrected chi connectivity index (χ2v) is 3.78. The third-order valence-corrected chi connectivity index (χ3v) is 2.50. The van der Waals surface area contributed by atoms with Crippen LogP contribution in [0.2, 0.25) is 0 Å². The minimum atomic E-state index is 0.0750. The molecule has 0 aliphatic heterocycles. The van der Waals surface area contributed by atoms with Crippen molar-refractivity contribution in [3.8, 4) is 0 Å². The summed E-state index contributed by atoms with van der Waals surface area (Å²) >= 11 is 0. The predicted molar refractivity (Wildman–Crippen MR) is 62.4 cm³/mol. The molecule has 0 saturated carbocycles. The molecule has 0 bridgehead atoms. The summed E-state index contributed by atoms with van der Waals surface area (Å²) in [6.07, 6.45) is 5.50. The van der Waals surface area contributed by atoms with Gasteiger partial charge >= 0.3 is 0 Å². The smallest absolute Gasteiger partial charge is 0.233 e. The number of hydrogen-bond donors (Lipinski definition) is 2. The van der Waals surface area contributed by atoms with Gasteiger partial charge in [0.2, 0.25) is 5.78 Å². The first-order valence-corrected chi connectivity index (χ1v) is 5.56. The van der Waals surface area contributed by atoms with Crippen LogP contribution in [0.25, 0.3) is 5.78 Å². The van der Waals surface area contributed by atoms with Crippen LogP contribution in [-0.4, -0.2) is 55.8 Å². The van der Waals surface area contributed by atoms with E-state index in [1.165, 1.54) is 0 Å². The van der Waals surface area contributed by atoms with E-state index >= 15 is 0 Å². The van der Waals surface area contributed by atoms with Crippen LogP contribution in [0.1, 0.15) is 5.69 Å². The molecule has 2 rings (SSSR count). The summed E-state index contributed by atoms with van der Waals surface area (Å²) in [4.78, 5) is 10.4. The Morgan fingerprint density at radius 2 is 2.00 bits per heavy atom. The van der Waals surface area contributed by atoms with Gasteiger partial charge in [-0.15, -0.1) is 0 Å². The van der Waals surface area contributed by atoms with E-state index in [-0.39, 0.29) is 13.2 Å². The second-order valence-electron chi connectivity index (χ2n) is 3.78. The van der Waals surface area contributed by atoms with Gasteiger partial charge in [0, 0.05) is 38.2 Å². The highest BCUT2D eigenvalue weighted by Gasteiger charge is 2.08. The molecule has 0 unspecified atom stereocenters. The van der Waals surface area contributed by atoms with Crippen LogP contribution in [0.4, 0.5) is 0 Å². The number of nitrogens with zero attached hydrogens (tertiary/aromatic N) is 4. The molecule has 92 valence electrons. The molecule has 0 aliphatic carbocycles. The molecule has 0 atom stereocenters. The zero-order valence-corrected chi connectivity index (χ0v) is 9.53. The quantitative estimate of drug-likeness (QED) is 0.708. The lowest BCUT2D eigenvalue weighted by molar-refractivity contribution is 0.155. The van der Waals surface area contributed by atoms with E-state index in [4.69, 9.17) is 10.2 Å². The summed E-state index contributed by atoms with van der Waals surface area (Å²) in [5.41, 5.74) is 0.880. The predicted octanol–water partition coefficient (Wildman–Crippen LogP) is -0.484. The van der Waals surface area contributed by atoms with Gasteiger partial charge in [-0.2, -0.15) is 0 Å². The highest BCUT2D eigenvalue weighted by atomic mass is 16.3. The highest BCUT2D eigenvalue weighted by molar-refractivity contribution is 5.29. The highest BCUT2D eigenvalue weighted by Crippen LogP contribution is 2.05. The largest absolute Gasteiger partial charge is 0.395 e. The summed E-state index contributed by atoms with van der Waals surface area (Å²) in [5.74, 6) is 0.662. The van der Waals surface area contributed by atoms with Crippen LogP contribution in [0.15, 0.2) is 24.7 Å².